The molecule has 0 aliphatic heterocycles. The first-order chi connectivity index (χ1) is 10.1. The van der Waals surface area contributed by atoms with Crippen molar-refractivity contribution in [3.05, 3.63) is 27.2 Å². The van der Waals surface area contributed by atoms with E-state index in [0.717, 1.165) is 0 Å². The molecule has 1 atom stereocenters. The van der Waals surface area contributed by atoms with Crippen molar-refractivity contribution in [1.29, 1.82) is 0 Å². The number of hydrogen-bond acceptors (Lipinski definition) is 3. The molecule has 1 fully saturated rings. The maximum absolute atomic E-state index is 11.8. The van der Waals surface area contributed by atoms with Crippen LogP contribution in [0.25, 0.3) is 0 Å². The normalized spacial score (nSPS) is 22.1. The summed E-state index contributed by atoms with van der Waals surface area (Å²) in [6.45, 7) is 1.06. The highest BCUT2D eigenvalue weighted by Gasteiger charge is 2.69. The summed E-state index contributed by atoms with van der Waals surface area (Å²) < 4.78 is 3.76. The van der Waals surface area contributed by atoms with Gasteiger partial charge < -0.3 is 10.1 Å². The van der Waals surface area contributed by atoms with Gasteiger partial charge in [-0.05, 0) is 19.1 Å². The second-order valence-electron chi connectivity index (χ2n) is 5.08. The fourth-order valence-corrected chi connectivity index (χ4v) is 3.35. The van der Waals surface area contributed by atoms with Gasteiger partial charge in [0.2, 0.25) is 0 Å². The molecule has 0 bridgehead atoms. The van der Waals surface area contributed by atoms with Crippen molar-refractivity contribution in [3.63, 3.8) is 0 Å². The maximum atomic E-state index is 11.8. The van der Waals surface area contributed by atoms with Gasteiger partial charge in [-0.15, -0.1) is 23.2 Å². The predicted molar refractivity (Wildman–Crippen MR) is 88.2 cm³/mol. The number of benzene rings is 1. The number of alkyl halides is 2. The van der Waals surface area contributed by atoms with E-state index in [1.807, 2.05) is 0 Å². The van der Waals surface area contributed by atoms with Crippen molar-refractivity contribution >= 4 is 75.6 Å². The summed E-state index contributed by atoms with van der Waals surface area (Å²) in [4.78, 5) is 23.6. The fourth-order valence-electron chi connectivity index (χ4n) is 1.75. The average molecular weight is 405 g/mol. The molecule has 1 N–H and O–H groups in total. The molecule has 1 aliphatic rings. The van der Waals surface area contributed by atoms with E-state index in [2.05, 4.69) is 5.32 Å². The number of carbonyl (C=O) groups excluding carboxylic acids is 2. The van der Waals surface area contributed by atoms with Gasteiger partial charge in [0.1, 0.15) is 9.75 Å². The Bertz CT molecular complexity index is 626. The molecule has 0 saturated heterocycles. The highest BCUT2D eigenvalue weighted by atomic mass is 35.5. The van der Waals surface area contributed by atoms with E-state index in [4.69, 9.17) is 62.7 Å². The molecule has 9 heteroatoms. The van der Waals surface area contributed by atoms with E-state index < -0.39 is 28.2 Å². The molecular weight excluding hydrogens is 395 g/mol. The van der Waals surface area contributed by atoms with Crippen molar-refractivity contribution in [3.8, 4) is 0 Å². The number of esters is 1. The van der Waals surface area contributed by atoms with E-state index in [0.29, 0.717) is 5.02 Å². The Morgan fingerprint density at radius 2 is 1.73 bits per heavy atom. The van der Waals surface area contributed by atoms with E-state index in [9.17, 15) is 9.59 Å². The molecule has 1 aliphatic carbocycles. The Balaban J connectivity index is 1.94. The van der Waals surface area contributed by atoms with Crippen LogP contribution >= 0.6 is 58.0 Å². The molecule has 1 saturated carbocycles. The van der Waals surface area contributed by atoms with E-state index in [-0.39, 0.29) is 22.2 Å². The van der Waals surface area contributed by atoms with E-state index >= 15 is 0 Å². The quantitative estimate of drug-likeness (QED) is 0.583. The summed E-state index contributed by atoms with van der Waals surface area (Å²) in [5, 5.41) is 3.13. The fraction of sp³-hybridized carbons (Fsp3) is 0.385. The first-order valence-corrected chi connectivity index (χ1v) is 7.95. The van der Waals surface area contributed by atoms with Crippen LogP contribution in [0.4, 0.5) is 5.69 Å². The number of ether oxygens (including phenoxy) is 1. The minimum absolute atomic E-state index is 0.173. The molecule has 1 aromatic carbocycles. The second-order valence-corrected chi connectivity index (χ2v) is 7.82. The lowest BCUT2D eigenvalue weighted by Crippen LogP contribution is -2.27. The SMILES string of the molecule is C[C@]1(C(=O)OCC(=O)Nc2c(Cl)cc(Cl)cc2Cl)CC1(Cl)Cl. The monoisotopic (exact) mass is 403 g/mol. The second kappa shape index (κ2) is 6.25. The van der Waals surface area contributed by atoms with Gasteiger partial charge in [0.15, 0.2) is 6.61 Å². The van der Waals surface area contributed by atoms with Gasteiger partial charge in [0.25, 0.3) is 5.91 Å². The Hall–Kier alpha value is -0.390. The smallest absolute Gasteiger partial charge is 0.315 e. The molecule has 4 nitrogen and oxygen atoms in total. The zero-order valence-corrected chi connectivity index (χ0v) is 15.0. The number of nitrogens with one attached hydrogen (secondary N) is 1. The predicted octanol–water partition coefficient (Wildman–Crippen LogP) is 4.71. The number of hydrogen-bond donors (Lipinski definition) is 1. The molecule has 1 aromatic rings. The molecule has 0 spiro atoms. The first-order valence-electron chi connectivity index (χ1n) is 6.06. The van der Waals surface area contributed by atoms with Gasteiger partial charge in [-0.1, -0.05) is 34.8 Å². The number of amides is 1. The number of anilines is 1. The largest absolute Gasteiger partial charge is 0.455 e. The van der Waals surface area contributed by atoms with E-state index in [1.54, 1.807) is 6.92 Å². The molecule has 120 valence electrons. The van der Waals surface area contributed by atoms with Crippen LogP contribution in [-0.4, -0.2) is 22.8 Å². The first kappa shape index (κ1) is 18.0. The summed E-state index contributed by atoms with van der Waals surface area (Å²) in [7, 11) is 0. The summed E-state index contributed by atoms with van der Waals surface area (Å²) in [5.74, 6) is -1.24. The molecule has 0 aromatic heterocycles. The average Bonchev–Trinajstić information content (AvgIpc) is 2.91. The Morgan fingerprint density at radius 1 is 1.23 bits per heavy atom. The third-order valence-corrected chi connectivity index (χ3v) is 5.23. The third-order valence-electron chi connectivity index (χ3n) is 3.31. The van der Waals surface area contributed by atoms with Crippen LogP contribution in [0.5, 0.6) is 0 Å². The minimum Gasteiger partial charge on any atom is -0.455 e. The Kier molecular flexibility index (Phi) is 5.10. The van der Waals surface area contributed by atoms with Crippen LogP contribution in [0.15, 0.2) is 12.1 Å². The molecule has 2 rings (SSSR count). The van der Waals surface area contributed by atoms with Gasteiger partial charge in [0.05, 0.1) is 15.7 Å². The summed E-state index contributed by atoms with van der Waals surface area (Å²) in [5.41, 5.74) is -0.804. The molecule has 0 heterocycles. The zero-order chi connectivity index (χ0) is 16.7. The minimum atomic E-state index is -1.15. The van der Waals surface area contributed by atoms with E-state index in [1.165, 1.54) is 12.1 Å². The van der Waals surface area contributed by atoms with Crippen molar-refractivity contribution in [2.45, 2.75) is 17.7 Å². The molecule has 0 unspecified atom stereocenters. The van der Waals surface area contributed by atoms with Gasteiger partial charge in [-0.2, -0.15) is 0 Å². The molecule has 0 radical (unpaired) electrons. The van der Waals surface area contributed by atoms with Gasteiger partial charge in [-0.25, -0.2) is 0 Å². The van der Waals surface area contributed by atoms with Crippen LogP contribution in [0, 0.1) is 5.41 Å². The third kappa shape index (κ3) is 3.57. The lowest BCUT2D eigenvalue weighted by molar-refractivity contribution is -0.152. The maximum Gasteiger partial charge on any atom is 0.315 e. The van der Waals surface area contributed by atoms with Crippen LogP contribution in [0.1, 0.15) is 13.3 Å². The van der Waals surface area contributed by atoms with Crippen molar-refractivity contribution in [2.75, 3.05) is 11.9 Å². The topological polar surface area (TPSA) is 55.4 Å². The lowest BCUT2D eigenvalue weighted by Gasteiger charge is -2.13. The molecule has 1 amide bonds. The Morgan fingerprint density at radius 3 is 2.18 bits per heavy atom. The number of rotatable bonds is 4. The standard InChI is InChI=1S/C13H10Cl5NO3/c1-12(5-13(12,17)18)11(21)22-4-9(20)19-10-7(15)2-6(14)3-8(10)16/h2-3H,4-5H2,1H3,(H,19,20)/t12-/m1/s1. The number of carbonyl (C=O) groups is 2. The lowest BCUT2D eigenvalue weighted by atomic mass is 10.1. The van der Waals surface area contributed by atoms with Crippen LogP contribution in [-0.2, 0) is 14.3 Å². The van der Waals surface area contributed by atoms with Gasteiger partial charge in [0, 0.05) is 11.4 Å². The van der Waals surface area contributed by atoms with Crippen molar-refractivity contribution < 1.29 is 14.3 Å². The Labute approximate surface area is 151 Å². The van der Waals surface area contributed by atoms with Crippen molar-refractivity contribution in [1.82, 2.24) is 0 Å². The summed E-state index contributed by atoms with van der Waals surface area (Å²) >= 11 is 29.4. The molecule has 22 heavy (non-hydrogen) atoms. The highest BCUT2D eigenvalue weighted by molar-refractivity contribution is 6.53. The highest BCUT2D eigenvalue weighted by Crippen LogP contribution is 2.64. The molecular formula is C13H10Cl5NO3. The summed E-state index contributed by atoms with van der Waals surface area (Å²) in [6.07, 6.45) is 0.276. The summed E-state index contributed by atoms with van der Waals surface area (Å²) in [6, 6.07) is 2.86. The zero-order valence-electron chi connectivity index (χ0n) is 11.2. The van der Waals surface area contributed by atoms with Gasteiger partial charge in [-0.3, -0.25) is 9.59 Å². The van der Waals surface area contributed by atoms with Gasteiger partial charge >= 0.3 is 5.97 Å². The van der Waals surface area contributed by atoms with Crippen LogP contribution < -0.4 is 5.32 Å². The van der Waals surface area contributed by atoms with Crippen molar-refractivity contribution in [2.24, 2.45) is 5.41 Å². The van der Waals surface area contributed by atoms with Crippen LogP contribution in [0.2, 0.25) is 15.1 Å². The van der Waals surface area contributed by atoms with Crippen LogP contribution in [0.3, 0.4) is 0 Å². The number of halogens is 5.